The van der Waals surface area contributed by atoms with Crippen molar-refractivity contribution < 1.29 is 9.47 Å². The van der Waals surface area contributed by atoms with Crippen LogP contribution >= 0.6 is 23.2 Å². The molecule has 7 heteroatoms. The van der Waals surface area contributed by atoms with Crippen molar-refractivity contribution in [3.63, 3.8) is 0 Å². The third-order valence-electron chi connectivity index (χ3n) is 6.56. The van der Waals surface area contributed by atoms with E-state index in [-0.39, 0.29) is 6.10 Å². The lowest BCUT2D eigenvalue weighted by atomic mass is 9.86. The lowest BCUT2D eigenvalue weighted by molar-refractivity contribution is 0.0915. The molecule has 0 saturated carbocycles. The van der Waals surface area contributed by atoms with Gasteiger partial charge >= 0.3 is 0 Å². The molecule has 0 unspecified atom stereocenters. The molecule has 2 N–H and O–H groups in total. The second-order valence-electron chi connectivity index (χ2n) is 8.65. The minimum absolute atomic E-state index is 0.0335. The van der Waals surface area contributed by atoms with Crippen molar-refractivity contribution in [2.75, 3.05) is 19.7 Å². The first-order chi connectivity index (χ1) is 15.7. The van der Waals surface area contributed by atoms with Gasteiger partial charge in [0.1, 0.15) is 12.7 Å². The molecule has 0 spiro atoms. The summed E-state index contributed by atoms with van der Waals surface area (Å²) in [5.74, 6) is 2.12. The summed E-state index contributed by atoms with van der Waals surface area (Å²) in [6.07, 6.45) is 4.92. The number of pyridine rings is 1. The summed E-state index contributed by atoms with van der Waals surface area (Å²) >= 11 is 12.8. The van der Waals surface area contributed by atoms with Gasteiger partial charge in [-0.15, -0.1) is 0 Å². The number of fused-ring (bicyclic) bond motifs is 6. The number of aromatic amines is 1. The van der Waals surface area contributed by atoms with Crippen molar-refractivity contribution in [2.24, 2.45) is 5.92 Å². The van der Waals surface area contributed by atoms with Gasteiger partial charge in [0, 0.05) is 34.7 Å². The maximum atomic E-state index is 6.54. The van der Waals surface area contributed by atoms with Gasteiger partial charge in [-0.25, -0.2) is 0 Å². The molecule has 2 atom stereocenters. The van der Waals surface area contributed by atoms with Gasteiger partial charge in [0.25, 0.3) is 0 Å². The Balaban J connectivity index is 1.12. The summed E-state index contributed by atoms with van der Waals surface area (Å²) in [4.78, 5) is 7.94. The van der Waals surface area contributed by atoms with Gasteiger partial charge in [0.2, 0.25) is 0 Å². The molecule has 0 bridgehead atoms. The van der Waals surface area contributed by atoms with Crippen LogP contribution in [-0.2, 0) is 12.8 Å². The van der Waals surface area contributed by atoms with Gasteiger partial charge in [0.15, 0.2) is 11.5 Å². The lowest BCUT2D eigenvalue weighted by Gasteiger charge is -2.29. The molecule has 2 aliphatic rings. The molecule has 32 heavy (non-hydrogen) atoms. The third kappa shape index (κ3) is 3.49. The number of hydrogen-bond donors (Lipinski definition) is 2. The Hall–Kier alpha value is -2.47. The second-order valence-corrected chi connectivity index (χ2v) is 9.43. The van der Waals surface area contributed by atoms with E-state index in [1.807, 2.05) is 36.4 Å². The number of hydrogen-bond acceptors (Lipinski definition) is 4. The SMILES string of the molecule is Clc1ccc2[nH]c3c(c2c1Cl)C[C@@H](CNC[C@H]1COc2ccc4ncccc4c2O1)CC3. The van der Waals surface area contributed by atoms with E-state index in [9.17, 15) is 0 Å². The summed E-state index contributed by atoms with van der Waals surface area (Å²) in [5.41, 5.74) is 4.60. The Labute approximate surface area is 196 Å². The molecule has 164 valence electrons. The Morgan fingerprint density at radius 2 is 2.06 bits per heavy atom. The van der Waals surface area contributed by atoms with E-state index in [4.69, 9.17) is 32.7 Å². The van der Waals surface area contributed by atoms with Crippen LogP contribution in [0.2, 0.25) is 10.0 Å². The average Bonchev–Trinajstić information content (AvgIpc) is 3.20. The van der Waals surface area contributed by atoms with Crippen LogP contribution in [0.5, 0.6) is 11.5 Å². The lowest BCUT2D eigenvalue weighted by Crippen LogP contribution is -2.40. The molecule has 2 aromatic heterocycles. The van der Waals surface area contributed by atoms with Crippen LogP contribution in [0.3, 0.4) is 0 Å². The highest BCUT2D eigenvalue weighted by Gasteiger charge is 2.26. The summed E-state index contributed by atoms with van der Waals surface area (Å²) in [7, 11) is 0. The van der Waals surface area contributed by atoms with Crippen molar-refractivity contribution in [3.05, 3.63) is 63.9 Å². The molecule has 0 radical (unpaired) electrons. The molecule has 0 amide bonds. The molecule has 0 fully saturated rings. The van der Waals surface area contributed by atoms with Gasteiger partial charge in [-0.3, -0.25) is 4.98 Å². The van der Waals surface area contributed by atoms with Crippen LogP contribution in [0.1, 0.15) is 17.7 Å². The average molecular weight is 468 g/mol. The molecule has 3 heterocycles. The zero-order valence-corrected chi connectivity index (χ0v) is 19.0. The highest BCUT2D eigenvalue weighted by atomic mass is 35.5. The number of rotatable bonds is 4. The fraction of sp³-hybridized carbons (Fsp3) is 0.320. The molecule has 1 aliphatic heterocycles. The highest BCUT2D eigenvalue weighted by Crippen LogP contribution is 2.39. The van der Waals surface area contributed by atoms with Gasteiger partial charge in [-0.2, -0.15) is 0 Å². The van der Waals surface area contributed by atoms with E-state index >= 15 is 0 Å². The van der Waals surface area contributed by atoms with E-state index in [1.165, 1.54) is 11.3 Å². The van der Waals surface area contributed by atoms with E-state index in [1.54, 1.807) is 6.20 Å². The van der Waals surface area contributed by atoms with Crippen LogP contribution in [0, 0.1) is 5.92 Å². The second kappa shape index (κ2) is 8.14. The van der Waals surface area contributed by atoms with Gasteiger partial charge in [-0.05, 0) is 73.7 Å². The molecule has 0 saturated heterocycles. The summed E-state index contributed by atoms with van der Waals surface area (Å²) in [5, 5.41) is 6.95. The van der Waals surface area contributed by atoms with E-state index < -0.39 is 0 Å². The van der Waals surface area contributed by atoms with Crippen LogP contribution in [0.4, 0.5) is 0 Å². The monoisotopic (exact) mass is 467 g/mol. The summed E-state index contributed by atoms with van der Waals surface area (Å²) in [6.45, 7) is 2.20. The first-order valence-electron chi connectivity index (χ1n) is 11.0. The number of ether oxygens (including phenoxy) is 2. The molecule has 1 aliphatic carbocycles. The molecular weight excluding hydrogens is 445 g/mol. The number of nitrogens with one attached hydrogen (secondary N) is 2. The van der Waals surface area contributed by atoms with Crippen LogP contribution in [0.25, 0.3) is 21.8 Å². The maximum absolute atomic E-state index is 6.54. The topological polar surface area (TPSA) is 59.2 Å². The van der Waals surface area contributed by atoms with Crippen LogP contribution in [0.15, 0.2) is 42.6 Å². The number of H-pyrrole nitrogens is 1. The number of aryl methyl sites for hydroxylation is 1. The number of aromatic nitrogens is 2. The van der Waals surface area contributed by atoms with Gasteiger partial charge in [0.05, 0.1) is 15.6 Å². The predicted molar refractivity (Wildman–Crippen MR) is 128 cm³/mol. The van der Waals surface area contributed by atoms with Crippen molar-refractivity contribution in [1.82, 2.24) is 15.3 Å². The quantitative estimate of drug-likeness (QED) is 0.412. The fourth-order valence-electron chi connectivity index (χ4n) is 4.96. The van der Waals surface area contributed by atoms with Gasteiger partial charge in [-0.1, -0.05) is 23.2 Å². The highest BCUT2D eigenvalue weighted by molar-refractivity contribution is 6.45. The molecular formula is C25H23Cl2N3O2. The standard InChI is InChI=1S/C25H23Cl2N3O2/c26-18-4-6-21-23(24(18)27)17-10-14(3-5-20(17)30-21)11-28-12-15-13-31-22-8-7-19-16(25(22)32-15)2-1-9-29-19/h1-2,4,6-9,14-15,28,30H,3,5,10-13H2/t14-,15-/m0/s1. The Bertz CT molecular complexity index is 1320. The largest absolute Gasteiger partial charge is 0.486 e. The predicted octanol–water partition coefficient (Wildman–Crippen LogP) is 5.56. The minimum Gasteiger partial charge on any atom is -0.486 e. The Kier molecular flexibility index (Phi) is 5.13. The van der Waals surface area contributed by atoms with Crippen molar-refractivity contribution >= 4 is 45.0 Å². The van der Waals surface area contributed by atoms with Crippen molar-refractivity contribution in [2.45, 2.75) is 25.4 Å². The molecule has 5 nitrogen and oxygen atoms in total. The molecule has 4 aromatic rings. The zero-order valence-electron chi connectivity index (χ0n) is 17.5. The van der Waals surface area contributed by atoms with E-state index in [0.717, 1.165) is 65.7 Å². The first kappa shape index (κ1) is 20.2. The van der Waals surface area contributed by atoms with Crippen molar-refractivity contribution in [1.29, 1.82) is 0 Å². The molecule has 6 rings (SSSR count). The Morgan fingerprint density at radius 3 is 3.00 bits per heavy atom. The van der Waals surface area contributed by atoms with E-state index in [0.29, 0.717) is 22.6 Å². The van der Waals surface area contributed by atoms with E-state index in [2.05, 4.69) is 15.3 Å². The number of nitrogens with zero attached hydrogens (tertiary/aromatic N) is 1. The molecule has 2 aromatic carbocycles. The minimum atomic E-state index is -0.0335. The summed E-state index contributed by atoms with van der Waals surface area (Å²) < 4.78 is 12.3. The normalized spacial score (nSPS) is 19.9. The van der Waals surface area contributed by atoms with Crippen LogP contribution in [-0.4, -0.2) is 35.8 Å². The Morgan fingerprint density at radius 1 is 1.12 bits per heavy atom. The van der Waals surface area contributed by atoms with Crippen molar-refractivity contribution in [3.8, 4) is 11.5 Å². The smallest absolute Gasteiger partial charge is 0.171 e. The summed E-state index contributed by atoms with van der Waals surface area (Å²) in [6, 6.07) is 11.7. The number of benzene rings is 2. The van der Waals surface area contributed by atoms with Crippen LogP contribution < -0.4 is 14.8 Å². The van der Waals surface area contributed by atoms with Gasteiger partial charge < -0.3 is 19.8 Å². The zero-order chi connectivity index (χ0) is 21.7. The number of halogens is 2. The maximum Gasteiger partial charge on any atom is 0.171 e. The fourth-order valence-corrected chi connectivity index (χ4v) is 5.40. The first-order valence-corrected chi connectivity index (χ1v) is 11.8. The third-order valence-corrected chi connectivity index (χ3v) is 7.36.